The minimum Gasteiger partial charge on any atom is -0.459 e. The van der Waals surface area contributed by atoms with Crippen molar-refractivity contribution in [2.75, 3.05) is 5.32 Å². The number of carbonyl (C=O) groups is 5. The summed E-state index contributed by atoms with van der Waals surface area (Å²) in [6, 6.07) is 3.75. The smallest absolute Gasteiger partial charge is 0.326 e. The second kappa shape index (κ2) is 8.73. The van der Waals surface area contributed by atoms with Crippen LogP contribution in [-0.4, -0.2) is 55.7 Å². The molecule has 1 aromatic carbocycles. The lowest BCUT2D eigenvalue weighted by atomic mass is 10.0. The maximum atomic E-state index is 12.9. The molecule has 4 amide bonds. The number of hydrogen-bond acceptors (Lipinski definition) is 8. The molecule has 34 heavy (non-hydrogen) atoms. The minimum atomic E-state index is -1.00. The topological polar surface area (TPSA) is 140 Å². The van der Waals surface area contributed by atoms with Crippen LogP contribution in [0.3, 0.4) is 0 Å². The fourth-order valence-electron chi connectivity index (χ4n) is 3.88. The summed E-state index contributed by atoms with van der Waals surface area (Å²) in [4.78, 5) is 66.4. The molecule has 2 aliphatic rings. The first-order valence-corrected chi connectivity index (χ1v) is 10.8. The van der Waals surface area contributed by atoms with Crippen molar-refractivity contribution in [1.29, 1.82) is 0 Å². The van der Waals surface area contributed by atoms with Crippen molar-refractivity contribution < 1.29 is 28.7 Å². The van der Waals surface area contributed by atoms with Crippen LogP contribution in [-0.2, 0) is 32.2 Å². The first-order chi connectivity index (χ1) is 16.0. The molecule has 0 aliphatic carbocycles. The van der Waals surface area contributed by atoms with Crippen LogP contribution in [0.1, 0.15) is 60.0 Å². The van der Waals surface area contributed by atoms with Gasteiger partial charge in [0.2, 0.25) is 11.8 Å². The summed E-state index contributed by atoms with van der Waals surface area (Å²) in [5.74, 6) is -2.56. The lowest BCUT2D eigenvalue weighted by Crippen LogP contribution is -2.54. The number of nitrogens with one attached hydrogen (secondary N) is 2. The summed E-state index contributed by atoms with van der Waals surface area (Å²) in [5, 5.41) is 5.32. The number of fused-ring (bicyclic) bond motifs is 1. The molecule has 0 bridgehead atoms. The predicted molar refractivity (Wildman–Crippen MR) is 119 cm³/mol. The summed E-state index contributed by atoms with van der Waals surface area (Å²) >= 11 is 0. The molecular weight excluding hydrogens is 442 g/mol. The zero-order chi connectivity index (χ0) is 24.6. The van der Waals surface area contributed by atoms with Gasteiger partial charge >= 0.3 is 5.97 Å². The Bertz CT molecular complexity index is 1190. The zero-order valence-corrected chi connectivity index (χ0v) is 19.1. The molecule has 11 nitrogen and oxygen atoms in total. The van der Waals surface area contributed by atoms with Crippen molar-refractivity contribution in [1.82, 2.24) is 19.8 Å². The Morgan fingerprint density at radius 2 is 1.91 bits per heavy atom. The van der Waals surface area contributed by atoms with Crippen LogP contribution in [0, 0.1) is 0 Å². The fourth-order valence-corrected chi connectivity index (χ4v) is 3.88. The average molecular weight is 467 g/mol. The largest absolute Gasteiger partial charge is 0.459 e. The van der Waals surface area contributed by atoms with E-state index in [0.717, 1.165) is 4.90 Å². The van der Waals surface area contributed by atoms with E-state index in [1.165, 1.54) is 12.4 Å². The van der Waals surface area contributed by atoms with Gasteiger partial charge in [0.05, 0.1) is 29.7 Å². The maximum Gasteiger partial charge on any atom is 0.326 e. The summed E-state index contributed by atoms with van der Waals surface area (Å²) in [5.41, 5.74) is 1.09. The molecule has 4 rings (SSSR count). The molecule has 0 spiro atoms. The van der Waals surface area contributed by atoms with Crippen molar-refractivity contribution in [3.05, 3.63) is 47.5 Å². The number of imidazole rings is 1. The van der Waals surface area contributed by atoms with Gasteiger partial charge in [0.1, 0.15) is 18.2 Å². The van der Waals surface area contributed by atoms with E-state index in [-0.39, 0.29) is 36.5 Å². The molecule has 1 fully saturated rings. The molecule has 1 unspecified atom stereocenters. The van der Waals surface area contributed by atoms with Crippen LogP contribution in [0.5, 0.6) is 0 Å². The quantitative estimate of drug-likeness (QED) is 0.478. The number of amides is 4. The summed E-state index contributed by atoms with van der Waals surface area (Å²) in [7, 11) is 0. The number of nitrogens with zero attached hydrogens (tertiary/aromatic N) is 3. The van der Waals surface area contributed by atoms with E-state index < -0.39 is 35.3 Å². The van der Waals surface area contributed by atoms with Gasteiger partial charge < -0.3 is 14.6 Å². The predicted octanol–water partition coefficient (Wildman–Crippen LogP) is 1.24. The first kappa shape index (κ1) is 23.1. The van der Waals surface area contributed by atoms with Gasteiger partial charge in [-0.05, 0) is 45.4 Å². The molecule has 1 atom stereocenters. The lowest BCUT2D eigenvalue weighted by Gasteiger charge is -2.27. The van der Waals surface area contributed by atoms with E-state index in [1.54, 1.807) is 43.7 Å². The van der Waals surface area contributed by atoms with E-state index in [9.17, 15) is 24.0 Å². The number of carbonyl (C=O) groups excluding carboxylic acids is 5. The van der Waals surface area contributed by atoms with Gasteiger partial charge in [-0.2, -0.15) is 0 Å². The van der Waals surface area contributed by atoms with Crippen molar-refractivity contribution in [3.63, 3.8) is 0 Å². The van der Waals surface area contributed by atoms with Gasteiger partial charge in [-0.25, -0.2) is 4.98 Å². The number of piperidine rings is 1. The minimum absolute atomic E-state index is 0.0376. The third kappa shape index (κ3) is 4.82. The Kier molecular flexibility index (Phi) is 5.94. The molecule has 2 aliphatic heterocycles. The number of esters is 1. The van der Waals surface area contributed by atoms with E-state index >= 15 is 0 Å². The SMILES string of the molecule is CC(C)(C)OC(=O)Cn1cnc(CNc2ccc3c(c2)C(=O)N(C2CCC(=O)NC2=O)C3=O)c1. The number of anilines is 1. The molecule has 0 saturated carbocycles. The Labute approximate surface area is 195 Å². The van der Waals surface area contributed by atoms with Gasteiger partial charge in [-0.1, -0.05) is 0 Å². The zero-order valence-electron chi connectivity index (χ0n) is 19.1. The van der Waals surface area contributed by atoms with Gasteiger partial charge in [-0.3, -0.25) is 34.2 Å². The highest BCUT2D eigenvalue weighted by atomic mass is 16.6. The third-order valence-electron chi connectivity index (χ3n) is 5.33. The normalized spacial score (nSPS) is 18.1. The van der Waals surface area contributed by atoms with Crippen LogP contribution in [0.4, 0.5) is 5.69 Å². The summed E-state index contributed by atoms with van der Waals surface area (Å²) in [6.07, 6.45) is 3.41. The molecule has 2 N–H and O–H groups in total. The molecule has 0 radical (unpaired) electrons. The Morgan fingerprint density at radius 3 is 2.62 bits per heavy atom. The van der Waals surface area contributed by atoms with Crippen LogP contribution in [0.15, 0.2) is 30.7 Å². The number of hydrogen-bond donors (Lipinski definition) is 2. The van der Waals surface area contributed by atoms with Crippen molar-refractivity contribution >= 4 is 35.3 Å². The molecule has 1 saturated heterocycles. The fraction of sp³-hybridized carbons (Fsp3) is 0.391. The van der Waals surface area contributed by atoms with Crippen LogP contribution >= 0.6 is 0 Å². The molecule has 2 aromatic rings. The Balaban J connectivity index is 1.40. The van der Waals surface area contributed by atoms with Crippen molar-refractivity contribution in [2.45, 2.75) is 58.3 Å². The monoisotopic (exact) mass is 467 g/mol. The van der Waals surface area contributed by atoms with Gasteiger partial charge in [0.25, 0.3) is 11.8 Å². The number of aromatic nitrogens is 2. The van der Waals surface area contributed by atoms with Crippen LogP contribution < -0.4 is 10.6 Å². The number of benzene rings is 1. The van der Waals surface area contributed by atoms with Crippen LogP contribution in [0.2, 0.25) is 0 Å². The molecule has 1 aromatic heterocycles. The maximum absolute atomic E-state index is 12.9. The van der Waals surface area contributed by atoms with Crippen LogP contribution in [0.25, 0.3) is 0 Å². The molecule has 3 heterocycles. The molecule has 178 valence electrons. The summed E-state index contributed by atoms with van der Waals surface area (Å²) in [6.45, 7) is 5.75. The second-order valence-electron chi connectivity index (χ2n) is 9.18. The van der Waals surface area contributed by atoms with E-state index in [2.05, 4.69) is 15.6 Å². The standard InChI is InChI=1S/C23H25N5O6/c1-23(2,3)34-19(30)11-27-10-14(25-12-27)9-24-13-4-5-15-16(8-13)22(33)28(21(15)32)17-6-7-18(29)26-20(17)31/h4-5,8,10,12,17,24H,6-7,9,11H2,1-3H3,(H,26,29,31). The average Bonchev–Trinajstić information content (AvgIpc) is 3.28. The number of ether oxygens (including phenoxy) is 1. The number of rotatable bonds is 6. The molecule has 11 heteroatoms. The second-order valence-corrected chi connectivity index (χ2v) is 9.18. The third-order valence-corrected chi connectivity index (χ3v) is 5.33. The van der Waals surface area contributed by atoms with E-state index in [1.807, 2.05) is 0 Å². The van der Waals surface area contributed by atoms with Crippen molar-refractivity contribution in [3.8, 4) is 0 Å². The van der Waals surface area contributed by atoms with E-state index in [4.69, 9.17) is 4.74 Å². The highest BCUT2D eigenvalue weighted by Crippen LogP contribution is 2.29. The lowest BCUT2D eigenvalue weighted by molar-refractivity contribution is -0.155. The Morgan fingerprint density at radius 1 is 1.18 bits per heavy atom. The summed E-state index contributed by atoms with van der Waals surface area (Å²) < 4.78 is 6.92. The Hall–Kier alpha value is -4.02. The van der Waals surface area contributed by atoms with Gasteiger partial charge in [-0.15, -0.1) is 0 Å². The van der Waals surface area contributed by atoms with Gasteiger partial charge in [0, 0.05) is 18.3 Å². The van der Waals surface area contributed by atoms with E-state index in [0.29, 0.717) is 17.9 Å². The highest BCUT2D eigenvalue weighted by Gasteiger charge is 2.44. The highest BCUT2D eigenvalue weighted by molar-refractivity contribution is 6.23. The van der Waals surface area contributed by atoms with Gasteiger partial charge in [0.15, 0.2) is 0 Å². The molecular formula is C23H25N5O6. The number of imide groups is 2. The first-order valence-electron chi connectivity index (χ1n) is 10.8. The van der Waals surface area contributed by atoms with Crippen molar-refractivity contribution in [2.24, 2.45) is 0 Å².